The van der Waals surface area contributed by atoms with Gasteiger partial charge in [0.15, 0.2) is 6.29 Å². The van der Waals surface area contributed by atoms with E-state index in [1.165, 1.54) is 16.4 Å². The zero-order valence-corrected chi connectivity index (χ0v) is 15.0. The molecule has 5 rings (SSSR count). The number of carbonyl (C=O) groups excluding carboxylic acids is 1. The Labute approximate surface area is 151 Å². The number of benzene rings is 3. The lowest BCUT2D eigenvalue weighted by Crippen LogP contribution is -1.98. The normalized spacial score (nSPS) is 11.9. The molecule has 0 atom stereocenters. The maximum atomic E-state index is 12.3. The Kier molecular flexibility index (Phi) is 3.20. The molecule has 3 aromatic carbocycles. The molecule has 0 aliphatic heterocycles. The summed E-state index contributed by atoms with van der Waals surface area (Å²) >= 11 is 0. The van der Waals surface area contributed by atoms with Crippen molar-refractivity contribution in [1.82, 2.24) is 9.13 Å². The van der Waals surface area contributed by atoms with E-state index in [9.17, 15) is 4.79 Å². The third-order valence-corrected chi connectivity index (χ3v) is 5.58. The molecule has 0 saturated carbocycles. The first-order valence-electron chi connectivity index (χ1n) is 9.20. The quantitative estimate of drug-likeness (QED) is 0.384. The van der Waals surface area contributed by atoms with Gasteiger partial charge in [-0.05, 0) is 32.0 Å². The first kappa shape index (κ1) is 15.2. The number of hydrogen-bond acceptors (Lipinski definition) is 1. The summed E-state index contributed by atoms with van der Waals surface area (Å²) in [4.78, 5) is 12.3. The van der Waals surface area contributed by atoms with Crippen LogP contribution >= 0.6 is 0 Å². The Balaban J connectivity index is 2.16. The fourth-order valence-electron chi connectivity index (χ4n) is 4.56. The summed E-state index contributed by atoms with van der Waals surface area (Å²) in [5, 5.41) is 4.60. The summed E-state index contributed by atoms with van der Waals surface area (Å²) in [5.74, 6) is 0. The second-order valence-electron chi connectivity index (χ2n) is 6.72. The maximum absolute atomic E-state index is 12.3. The van der Waals surface area contributed by atoms with E-state index in [1.807, 2.05) is 0 Å². The predicted octanol–water partition coefficient (Wildman–Crippen LogP) is 5.75. The lowest BCUT2D eigenvalue weighted by atomic mass is 10.0. The number of fused-ring (bicyclic) bond motifs is 6. The summed E-state index contributed by atoms with van der Waals surface area (Å²) in [6.45, 7) is 6.01. The van der Waals surface area contributed by atoms with E-state index in [4.69, 9.17) is 0 Å². The molecule has 0 unspecified atom stereocenters. The maximum Gasteiger partial charge on any atom is 0.152 e. The number of carbonyl (C=O) groups is 1. The highest BCUT2D eigenvalue weighted by atomic mass is 16.1. The highest BCUT2D eigenvalue weighted by molar-refractivity contribution is 6.25. The molecule has 0 fully saturated rings. The number of aryl methyl sites for hydroxylation is 2. The van der Waals surface area contributed by atoms with Crippen molar-refractivity contribution in [3.63, 3.8) is 0 Å². The zero-order valence-electron chi connectivity index (χ0n) is 15.0. The fraction of sp³-hybridized carbons (Fsp3) is 0.174. The minimum Gasteiger partial charge on any atom is -0.341 e. The third kappa shape index (κ3) is 1.75. The van der Waals surface area contributed by atoms with Crippen LogP contribution in [0.5, 0.6) is 0 Å². The fourth-order valence-corrected chi connectivity index (χ4v) is 4.56. The van der Waals surface area contributed by atoms with E-state index in [-0.39, 0.29) is 0 Å². The van der Waals surface area contributed by atoms with E-state index >= 15 is 0 Å². The van der Waals surface area contributed by atoms with E-state index in [1.54, 1.807) is 0 Å². The molecule has 0 radical (unpaired) electrons. The highest BCUT2D eigenvalue weighted by Crippen LogP contribution is 2.39. The number of para-hydroxylation sites is 2. The van der Waals surface area contributed by atoms with Gasteiger partial charge in [0.2, 0.25) is 0 Å². The van der Waals surface area contributed by atoms with E-state index in [2.05, 4.69) is 77.6 Å². The van der Waals surface area contributed by atoms with Crippen molar-refractivity contribution in [1.29, 1.82) is 0 Å². The first-order valence-corrected chi connectivity index (χ1v) is 9.20. The van der Waals surface area contributed by atoms with Crippen LogP contribution in [0.25, 0.3) is 43.6 Å². The van der Waals surface area contributed by atoms with Gasteiger partial charge in [-0.1, -0.05) is 36.4 Å². The van der Waals surface area contributed by atoms with E-state index in [0.717, 1.165) is 52.1 Å². The number of aromatic nitrogens is 2. The van der Waals surface area contributed by atoms with Crippen molar-refractivity contribution in [3.8, 4) is 0 Å². The van der Waals surface area contributed by atoms with Gasteiger partial charge in [0, 0.05) is 51.2 Å². The van der Waals surface area contributed by atoms with E-state index in [0.29, 0.717) is 0 Å². The Bertz CT molecular complexity index is 1310. The minimum atomic E-state index is 0.805. The van der Waals surface area contributed by atoms with Gasteiger partial charge < -0.3 is 9.13 Å². The van der Waals surface area contributed by atoms with Gasteiger partial charge in [0.1, 0.15) is 0 Å². The minimum absolute atomic E-state index is 0.805. The Morgan fingerprint density at radius 1 is 0.769 bits per heavy atom. The SMILES string of the molecule is CCn1c2ccccc2c2c(C=O)c3c(cc21)c1ccccc1n3CC. The Morgan fingerprint density at radius 2 is 1.38 bits per heavy atom. The average Bonchev–Trinajstić information content (AvgIpc) is 3.18. The summed E-state index contributed by atoms with van der Waals surface area (Å²) in [5.41, 5.74) is 5.37. The van der Waals surface area contributed by atoms with Crippen LogP contribution in [0, 0.1) is 0 Å². The summed E-state index contributed by atoms with van der Waals surface area (Å²) in [6, 6.07) is 19.1. The van der Waals surface area contributed by atoms with Crippen LogP contribution in [0.4, 0.5) is 0 Å². The molecular weight excluding hydrogens is 320 g/mol. The average molecular weight is 340 g/mol. The van der Waals surface area contributed by atoms with Crippen molar-refractivity contribution in [2.24, 2.45) is 0 Å². The highest BCUT2D eigenvalue weighted by Gasteiger charge is 2.20. The smallest absolute Gasteiger partial charge is 0.152 e. The molecule has 128 valence electrons. The molecule has 0 spiro atoms. The van der Waals surface area contributed by atoms with Gasteiger partial charge in [-0.15, -0.1) is 0 Å². The molecular formula is C23H20N2O. The lowest BCUT2D eigenvalue weighted by Gasteiger charge is -2.08. The topological polar surface area (TPSA) is 26.9 Å². The molecule has 0 bridgehead atoms. The van der Waals surface area contributed by atoms with Gasteiger partial charge in [0.25, 0.3) is 0 Å². The second kappa shape index (κ2) is 5.46. The van der Waals surface area contributed by atoms with Gasteiger partial charge >= 0.3 is 0 Å². The summed E-state index contributed by atoms with van der Waals surface area (Å²) < 4.78 is 4.58. The van der Waals surface area contributed by atoms with Crippen molar-refractivity contribution in [3.05, 3.63) is 60.2 Å². The van der Waals surface area contributed by atoms with Crippen molar-refractivity contribution < 1.29 is 4.79 Å². The van der Waals surface area contributed by atoms with Crippen molar-refractivity contribution >= 4 is 49.9 Å². The molecule has 2 heterocycles. The van der Waals surface area contributed by atoms with Crippen LogP contribution in [0.2, 0.25) is 0 Å². The van der Waals surface area contributed by atoms with Gasteiger partial charge in [0.05, 0.1) is 11.0 Å². The molecule has 26 heavy (non-hydrogen) atoms. The van der Waals surface area contributed by atoms with Crippen LogP contribution in [0.1, 0.15) is 24.2 Å². The molecule has 0 amide bonds. The van der Waals surface area contributed by atoms with Crippen LogP contribution in [0.15, 0.2) is 54.6 Å². The Morgan fingerprint density at radius 3 is 2.04 bits per heavy atom. The van der Waals surface area contributed by atoms with Crippen molar-refractivity contribution in [2.45, 2.75) is 26.9 Å². The van der Waals surface area contributed by atoms with Crippen LogP contribution in [-0.2, 0) is 13.1 Å². The van der Waals surface area contributed by atoms with E-state index < -0.39 is 0 Å². The van der Waals surface area contributed by atoms with Gasteiger partial charge in [-0.3, -0.25) is 4.79 Å². The van der Waals surface area contributed by atoms with Crippen LogP contribution < -0.4 is 0 Å². The van der Waals surface area contributed by atoms with Gasteiger partial charge in [-0.2, -0.15) is 0 Å². The first-order chi connectivity index (χ1) is 12.8. The molecule has 5 aromatic rings. The zero-order chi connectivity index (χ0) is 17.8. The molecule has 3 nitrogen and oxygen atoms in total. The van der Waals surface area contributed by atoms with Crippen molar-refractivity contribution in [2.75, 3.05) is 0 Å². The molecule has 0 N–H and O–H groups in total. The summed E-state index contributed by atoms with van der Waals surface area (Å²) in [7, 11) is 0. The second-order valence-corrected chi connectivity index (χ2v) is 6.72. The Hall–Kier alpha value is -3.07. The van der Waals surface area contributed by atoms with Crippen LogP contribution in [0.3, 0.4) is 0 Å². The molecule has 0 aliphatic carbocycles. The number of aldehydes is 1. The van der Waals surface area contributed by atoms with Crippen LogP contribution in [-0.4, -0.2) is 15.4 Å². The number of nitrogens with zero attached hydrogens (tertiary/aromatic N) is 2. The molecule has 0 aliphatic rings. The summed E-state index contributed by atoms with van der Waals surface area (Å²) in [6.07, 6.45) is 1.04. The molecule has 3 heteroatoms. The molecule has 0 saturated heterocycles. The largest absolute Gasteiger partial charge is 0.341 e. The standard InChI is InChI=1S/C23H20N2O/c1-3-24-20-12-8-6-10-16(20)22-18(14-26)23-17(13-21(22)24)15-9-5-7-11-19(15)25(23)4-2/h5-14H,3-4H2,1-2H3. The number of hydrogen-bond donors (Lipinski definition) is 0. The monoisotopic (exact) mass is 340 g/mol. The predicted molar refractivity (Wildman–Crippen MR) is 109 cm³/mol. The number of rotatable bonds is 3. The van der Waals surface area contributed by atoms with Gasteiger partial charge in [-0.25, -0.2) is 0 Å². The molecule has 2 aromatic heterocycles. The third-order valence-electron chi connectivity index (χ3n) is 5.58. The lowest BCUT2D eigenvalue weighted by molar-refractivity contribution is 0.112.